The number of guanidine groups is 1. The van der Waals surface area contributed by atoms with E-state index in [1.54, 1.807) is 0 Å². The lowest BCUT2D eigenvalue weighted by Crippen LogP contribution is -2.41. The first-order chi connectivity index (χ1) is 15.4. The largest absolute Gasteiger partial charge is 0.489 e. The predicted molar refractivity (Wildman–Crippen MR) is 147 cm³/mol. The summed E-state index contributed by atoms with van der Waals surface area (Å²) in [5.41, 5.74) is 2.74. The van der Waals surface area contributed by atoms with Gasteiger partial charge in [-0.15, -0.1) is 24.0 Å². The maximum Gasteiger partial charge on any atom is 0.251 e. The normalized spacial score (nSPS) is 12.0. The summed E-state index contributed by atoms with van der Waals surface area (Å²) in [5.74, 6) is 1.54. The number of likely N-dealkylation sites (N-methyl/N-ethyl adjacent to an activating group) is 1. The Balaban J connectivity index is 0.00000544. The van der Waals surface area contributed by atoms with Crippen molar-refractivity contribution in [3.05, 3.63) is 65.2 Å². The molecular formula is C25H38IN5O2. The van der Waals surface area contributed by atoms with Crippen molar-refractivity contribution in [1.29, 1.82) is 0 Å². The van der Waals surface area contributed by atoms with Crippen LogP contribution in [0.2, 0.25) is 0 Å². The predicted octanol–water partition coefficient (Wildman–Crippen LogP) is 3.43. The van der Waals surface area contributed by atoms with E-state index >= 15 is 0 Å². The fourth-order valence-corrected chi connectivity index (χ4v) is 3.01. The second-order valence-corrected chi connectivity index (χ2v) is 8.03. The highest BCUT2D eigenvalue weighted by molar-refractivity contribution is 14.0. The molecule has 0 saturated carbocycles. The topological polar surface area (TPSA) is 78.0 Å². The number of ether oxygens (including phenoxy) is 1. The maximum absolute atomic E-state index is 12.4. The van der Waals surface area contributed by atoms with E-state index in [0.29, 0.717) is 31.2 Å². The molecule has 0 fully saturated rings. The zero-order valence-electron chi connectivity index (χ0n) is 20.4. The SMILES string of the molecule is CCNC(=NCc1cccc(C(=O)NCCN(C)C)c1)NCC(C)Oc1ccccc1C.I. The van der Waals surface area contributed by atoms with Crippen molar-refractivity contribution in [3.63, 3.8) is 0 Å². The second-order valence-electron chi connectivity index (χ2n) is 8.03. The summed E-state index contributed by atoms with van der Waals surface area (Å²) in [4.78, 5) is 19.1. The highest BCUT2D eigenvalue weighted by Gasteiger charge is 2.08. The quantitative estimate of drug-likeness (QED) is 0.221. The number of nitrogens with one attached hydrogen (secondary N) is 3. The zero-order valence-corrected chi connectivity index (χ0v) is 22.7. The van der Waals surface area contributed by atoms with Crippen LogP contribution in [0.5, 0.6) is 5.75 Å². The summed E-state index contributed by atoms with van der Waals surface area (Å²) < 4.78 is 6.03. The molecule has 3 N–H and O–H groups in total. The number of hydrogen-bond donors (Lipinski definition) is 3. The number of aryl methyl sites for hydroxylation is 1. The Kier molecular flexibility index (Phi) is 13.5. The van der Waals surface area contributed by atoms with Gasteiger partial charge in [-0.05, 0) is 64.2 Å². The lowest BCUT2D eigenvalue weighted by molar-refractivity contribution is 0.0951. The smallest absolute Gasteiger partial charge is 0.251 e. The van der Waals surface area contributed by atoms with Crippen LogP contribution in [0.15, 0.2) is 53.5 Å². The van der Waals surface area contributed by atoms with Crippen molar-refractivity contribution in [1.82, 2.24) is 20.9 Å². The minimum atomic E-state index is -0.0649. The number of rotatable bonds is 11. The summed E-state index contributed by atoms with van der Waals surface area (Å²) in [6.45, 7) is 9.37. The fraction of sp³-hybridized carbons (Fsp3) is 0.440. The van der Waals surface area contributed by atoms with E-state index in [4.69, 9.17) is 4.74 Å². The molecule has 0 saturated heterocycles. The van der Waals surface area contributed by atoms with Crippen LogP contribution in [-0.4, -0.2) is 63.1 Å². The maximum atomic E-state index is 12.4. The average Bonchev–Trinajstić information content (AvgIpc) is 2.77. The molecule has 1 atom stereocenters. The number of carbonyl (C=O) groups is 1. The van der Waals surface area contributed by atoms with E-state index < -0.39 is 0 Å². The number of nitrogens with zero attached hydrogens (tertiary/aromatic N) is 2. The van der Waals surface area contributed by atoms with Gasteiger partial charge >= 0.3 is 0 Å². The van der Waals surface area contributed by atoms with Crippen molar-refractivity contribution in [3.8, 4) is 5.75 Å². The molecular weight excluding hydrogens is 529 g/mol. The molecule has 2 rings (SSSR count). The van der Waals surface area contributed by atoms with Gasteiger partial charge in [0.1, 0.15) is 11.9 Å². The van der Waals surface area contributed by atoms with Crippen molar-refractivity contribution in [2.75, 3.05) is 40.3 Å². The molecule has 0 aliphatic heterocycles. The standard InChI is InChI=1S/C25H37N5O2.HI/c1-6-26-25(28-17-20(3)32-23-13-8-7-10-19(23)2)29-18-21-11-9-12-22(16-21)24(31)27-14-15-30(4)5;/h7-13,16,20H,6,14-15,17-18H2,1-5H3,(H,27,31)(H2,26,28,29);1H. The van der Waals surface area contributed by atoms with Crippen molar-refractivity contribution in [2.45, 2.75) is 33.4 Å². The van der Waals surface area contributed by atoms with Crippen LogP contribution in [0, 0.1) is 6.92 Å². The van der Waals surface area contributed by atoms with Gasteiger partial charge in [0, 0.05) is 25.2 Å². The molecule has 0 radical (unpaired) electrons. The fourth-order valence-electron chi connectivity index (χ4n) is 3.01. The van der Waals surface area contributed by atoms with Gasteiger partial charge in [-0.2, -0.15) is 0 Å². The van der Waals surface area contributed by atoms with Gasteiger partial charge in [0.05, 0.1) is 13.1 Å². The van der Waals surface area contributed by atoms with E-state index in [1.165, 1.54) is 0 Å². The third kappa shape index (κ3) is 10.9. The summed E-state index contributed by atoms with van der Waals surface area (Å²) in [6.07, 6.45) is -0.0193. The van der Waals surface area contributed by atoms with Gasteiger partial charge in [0.2, 0.25) is 0 Å². The zero-order chi connectivity index (χ0) is 23.3. The van der Waals surface area contributed by atoms with Gasteiger partial charge in [0.25, 0.3) is 5.91 Å². The molecule has 2 aromatic carbocycles. The second kappa shape index (κ2) is 15.5. The molecule has 182 valence electrons. The Bertz CT molecular complexity index is 889. The Hall–Kier alpha value is -2.33. The van der Waals surface area contributed by atoms with Crippen LogP contribution >= 0.6 is 24.0 Å². The number of halogens is 1. The van der Waals surface area contributed by atoms with Gasteiger partial charge in [-0.3, -0.25) is 4.79 Å². The molecule has 8 heteroatoms. The van der Waals surface area contributed by atoms with Crippen LogP contribution in [0.25, 0.3) is 0 Å². The van der Waals surface area contributed by atoms with Crippen molar-refractivity contribution < 1.29 is 9.53 Å². The van der Waals surface area contributed by atoms with E-state index in [2.05, 4.69) is 20.9 Å². The van der Waals surface area contributed by atoms with Crippen molar-refractivity contribution >= 4 is 35.8 Å². The third-order valence-electron chi connectivity index (χ3n) is 4.78. The first kappa shape index (κ1) is 28.7. The van der Waals surface area contributed by atoms with Gasteiger partial charge < -0.3 is 25.6 Å². The molecule has 0 heterocycles. The van der Waals surface area contributed by atoms with E-state index in [9.17, 15) is 4.79 Å². The van der Waals surface area contributed by atoms with Crippen LogP contribution in [0.1, 0.15) is 35.3 Å². The van der Waals surface area contributed by atoms with Crippen LogP contribution in [-0.2, 0) is 6.54 Å². The Morgan fingerprint density at radius 1 is 1.09 bits per heavy atom. The van der Waals surface area contributed by atoms with Crippen molar-refractivity contribution in [2.24, 2.45) is 4.99 Å². The third-order valence-corrected chi connectivity index (χ3v) is 4.78. The number of benzene rings is 2. The molecule has 0 aromatic heterocycles. The Labute approximate surface area is 215 Å². The van der Waals surface area contributed by atoms with E-state index in [1.807, 2.05) is 88.3 Å². The molecule has 0 aliphatic carbocycles. The molecule has 1 unspecified atom stereocenters. The van der Waals surface area contributed by atoms with Crippen LogP contribution in [0.3, 0.4) is 0 Å². The minimum absolute atomic E-state index is 0. The van der Waals surface area contributed by atoms with E-state index in [0.717, 1.165) is 30.0 Å². The van der Waals surface area contributed by atoms with Crippen LogP contribution < -0.4 is 20.7 Å². The van der Waals surface area contributed by atoms with Gasteiger partial charge in [-0.1, -0.05) is 30.3 Å². The highest BCUT2D eigenvalue weighted by Crippen LogP contribution is 2.17. The number of hydrogen-bond acceptors (Lipinski definition) is 4. The highest BCUT2D eigenvalue weighted by atomic mass is 127. The molecule has 0 bridgehead atoms. The summed E-state index contributed by atoms with van der Waals surface area (Å²) in [5, 5.41) is 9.54. The lowest BCUT2D eigenvalue weighted by atomic mass is 10.1. The van der Waals surface area contributed by atoms with Gasteiger partial charge in [-0.25, -0.2) is 4.99 Å². The summed E-state index contributed by atoms with van der Waals surface area (Å²) in [7, 11) is 3.96. The molecule has 2 aromatic rings. The lowest BCUT2D eigenvalue weighted by Gasteiger charge is -2.18. The molecule has 33 heavy (non-hydrogen) atoms. The average molecular weight is 568 g/mol. The number of aliphatic imine (C=N–C) groups is 1. The molecule has 0 spiro atoms. The molecule has 0 aliphatic rings. The molecule has 7 nitrogen and oxygen atoms in total. The first-order valence-electron chi connectivity index (χ1n) is 11.2. The first-order valence-corrected chi connectivity index (χ1v) is 11.2. The Morgan fingerprint density at radius 2 is 1.85 bits per heavy atom. The Morgan fingerprint density at radius 3 is 2.55 bits per heavy atom. The summed E-state index contributed by atoms with van der Waals surface area (Å²) in [6, 6.07) is 15.6. The molecule has 1 amide bonds. The van der Waals surface area contributed by atoms with Gasteiger partial charge in [0.15, 0.2) is 5.96 Å². The number of carbonyl (C=O) groups excluding carboxylic acids is 1. The monoisotopic (exact) mass is 567 g/mol. The minimum Gasteiger partial charge on any atom is -0.489 e. The number of para-hydroxylation sites is 1. The number of amides is 1. The summed E-state index contributed by atoms with van der Waals surface area (Å²) >= 11 is 0. The van der Waals surface area contributed by atoms with Crippen LogP contribution in [0.4, 0.5) is 0 Å². The van der Waals surface area contributed by atoms with E-state index in [-0.39, 0.29) is 36.0 Å².